The fourth-order valence-electron chi connectivity index (χ4n) is 1.93. The molecule has 0 unspecified atom stereocenters. The van der Waals surface area contributed by atoms with Crippen molar-refractivity contribution in [2.24, 2.45) is 5.73 Å². The second-order valence-electron chi connectivity index (χ2n) is 4.17. The van der Waals surface area contributed by atoms with Gasteiger partial charge in [0.15, 0.2) is 0 Å². The molecule has 0 aliphatic rings. The Balaban J connectivity index is 2.31. The third-order valence-corrected chi connectivity index (χ3v) is 3.52. The first-order valence-electron chi connectivity index (χ1n) is 6.07. The number of aromatic nitrogens is 1. The molecule has 0 aliphatic carbocycles. The zero-order chi connectivity index (χ0) is 13.8. The maximum atomic E-state index is 11.6. The predicted molar refractivity (Wildman–Crippen MR) is 77.8 cm³/mol. The maximum absolute atomic E-state index is 11.6. The van der Waals surface area contributed by atoms with Crippen molar-refractivity contribution < 1.29 is 9.53 Å². The lowest BCUT2D eigenvalue weighted by atomic mass is 10.0. The van der Waals surface area contributed by atoms with Gasteiger partial charge in [-0.2, -0.15) is 0 Å². The predicted octanol–water partition coefficient (Wildman–Crippen LogP) is 2.43. The van der Waals surface area contributed by atoms with Gasteiger partial charge < -0.3 is 10.5 Å². The van der Waals surface area contributed by atoms with E-state index in [1.54, 1.807) is 13.1 Å². The van der Waals surface area contributed by atoms with Crippen molar-refractivity contribution in [2.45, 2.75) is 19.4 Å². The van der Waals surface area contributed by atoms with Gasteiger partial charge >= 0.3 is 5.97 Å². The number of benzene rings is 1. The standard InChI is InChI=1S/C14H15BrN2O2/c1-2-19-14(18)12(16)8-9-5-6-11(15)10-4-3-7-17-13(9)10/h3-7,12H,2,8,16H2,1H3/t12-/m1/s1. The summed E-state index contributed by atoms with van der Waals surface area (Å²) in [4.78, 5) is 15.9. The Morgan fingerprint density at radius 1 is 1.47 bits per heavy atom. The van der Waals surface area contributed by atoms with Crippen LogP contribution >= 0.6 is 15.9 Å². The summed E-state index contributed by atoms with van der Waals surface area (Å²) >= 11 is 3.49. The zero-order valence-electron chi connectivity index (χ0n) is 10.6. The van der Waals surface area contributed by atoms with E-state index in [4.69, 9.17) is 10.5 Å². The van der Waals surface area contributed by atoms with Crippen LogP contribution in [-0.2, 0) is 16.0 Å². The third kappa shape index (κ3) is 3.11. The lowest BCUT2D eigenvalue weighted by Gasteiger charge is -2.12. The van der Waals surface area contributed by atoms with Crippen LogP contribution in [0.4, 0.5) is 0 Å². The molecule has 5 heteroatoms. The van der Waals surface area contributed by atoms with Crippen molar-refractivity contribution >= 4 is 32.8 Å². The van der Waals surface area contributed by atoms with E-state index in [0.29, 0.717) is 13.0 Å². The summed E-state index contributed by atoms with van der Waals surface area (Å²) in [7, 11) is 0. The van der Waals surface area contributed by atoms with Crippen LogP contribution in [-0.4, -0.2) is 23.6 Å². The maximum Gasteiger partial charge on any atom is 0.323 e. The molecule has 0 radical (unpaired) electrons. The molecule has 0 amide bonds. The summed E-state index contributed by atoms with van der Waals surface area (Å²) < 4.78 is 5.89. The minimum atomic E-state index is -0.661. The average Bonchev–Trinajstić information content (AvgIpc) is 2.42. The van der Waals surface area contributed by atoms with E-state index in [-0.39, 0.29) is 5.97 Å². The van der Waals surface area contributed by atoms with Crippen molar-refractivity contribution in [3.8, 4) is 0 Å². The summed E-state index contributed by atoms with van der Waals surface area (Å²) in [5.74, 6) is -0.380. The van der Waals surface area contributed by atoms with E-state index in [2.05, 4.69) is 20.9 Å². The monoisotopic (exact) mass is 322 g/mol. The fourth-order valence-corrected chi connectivity index (χ4v) is 2.38. The number of nitrogens with zero attached hydrogens (tertiary/aromatic N) is 1. The van der Waals surface area contributed by atoms with Gasteiger partial charge in [0, 0.05) is 22.5 Å². The number of carbonyl (C=O) groups is 1. The van der Waals surface area contributed by atoms with Crippen molar-refractivity contribution in [1.29, 1.82) is 0 Å². The highest BCUT2D eigenvalue weighted by atomic mass is 79.9. The second kappa shape index (κ2) is 6.12. The van der Waals surface area contributed by atoms with Crippen molar-refractivity contribution in [3.63, 3.8) is 0 Å². The van der Waals surface area contributed by atoms with Crippen LogP contribution in [0.2, 0.25) is 0 Å². The molecule has 1 aromatic carbocycles. The van der Waals surface area contributed by atoms with Crippen molar-refractivity contribution in [2.75, 3.05) is 6.61 Å². The molecule has 0 aliphatic heterocycles. The number of fused-ring (bicyclic) bond motifs is 1. The number of carbonyl (C=O) groups excluding carboxylic acids is 1. The van der Waals surface area contributed by atoms with Crippen LogP contribution in [0.15, 0.2) is 34.9 Å². The Morgan fingerprint density at radius 3 is 3.00 bits per heavy atom. The summed E-state index contributed by atoms with van der Waals surface area (Å²) in [5.41, 5.74) is 7.65. The number of hydrogen-bond acceptors (Lipinski definition) is 4. The Kier molecular flexibility index (Phi) is 4.50. The highest BCUT2D eigenvalue weighted by Gasteiger charge is 2.17. The number of rotatable bonds is 4. The largest absolute Gasteiger partial charge is 0.465 e. The first kappa shape index (κ1) is 14.0. The molecule has 2 aromatic rings. The third-order valence-electron chi connectivity index (χ3n) is 2.83. The molecular weight excluding hydrogens is 308 g/mol. The van der Waals surface area contributed by atoms with E-state index < -0.39 is 6.04 Å². The fraction of sp³-hybridized carbons (Fsp3) is 0.286. The van der Waals surface area contributed by atoms with Gasteiger partial charge in [-0.15, -0.1) is 0 Å². The zero-order valence-corrected chi connectivity index (χ0v) is 12.2. The quantitative estimate of drug-likeness (QED) is 0.878. The van der Waals surface area contributed by atoms with E-state index in [1.165, 1.54) is 0 Å². The van der Waals surface area contributed by atoms with Gasteiger partial charge in [-0.1, -0.05) is 28.1 Å². The molecule has 2 rings (SSSR count). The van der Waals surface area contributed by atoms with Gasteiger partial charge in [-0.3, -0.25) is 9.78 Å². The van der Waals surface area contributed by atoms with Gasteiger partial charge in [0.25, 0.3) is 0 Å². The van der Waals surface area contributed by atoms with E-state index in [1.807, 2.05) is 24.3 Å². The summed E-state index contributed by atoms with van der Waals surface area (Å²) in [5, 5.41) is 1.01. The second-order valence-corrected chi connectivity index (χ2v) is 5.02. The number of hydrogen-bond donors (Lipinski definition) is 1. The molecule has 1 heterocycles. The lowest BCUT2D eigenvalue weighted by molar-refractivity contribution is -0.144. The molecule has 4 nitrogen and oxygen atoms in total. The summed E-state index contributed by atoms with van der Waals surface area (Å²) in [6.07, 6.45) is 2.15. The minimum absolute atomic E-state index is 0.339. The number of ether oxygens (including phenoxy) is 1. The SMILES string of the molecule is CCOC(=O)[C@H](N)Cc1ccc(Br)c2cccnc12. The molecule has 0 saturated carbocycles. The van der Waals surface area contributed by atoms with Gasteiger partial charge in [0.05, 0.1) is 12.1 Å². The number of halogens is 1. The molecule has 1 atom stereocenters. The van der Waals surface area contributed by atoms with Crippen LogP contribution in [0, 0.1) is 0 Å². The highest BCUT2D eigenvalue weighted by Crippen LogP contribution is 2.25. The summed E-state index contributed by atoms with van der Waals surface area (Å²) in [6, 6.07) is 7.07. The number of nitrogens with two attached hydrogens (primary N) is 1. The van der Waals surface area contributed by atoms with Crippen LogP contribution in [0.25, 0.3) is 10.9 Å². The van der Waals surface area contributed by atoms with Gasteiger partial charge in [0.1, 0.15) is 6.04 Å². The Hall–Kier alpha value is -1.46. The van der Waals surface area contributed by atoms with E-state index in [0.717, 1.165) is 20.9 Å². The first-order valence-corrected chi connectivity index (χ1v) is 6.87. The number of esters is 1. The lowest BCUT2D eigenvalue weighted by Crippen LogP contribution is -2.34. The Bertz CT molecular complexity index is 601. The molecule has 0 saturated heterocycles. The molecule has 2 N–H and O–H groups in total. The molecule has 19 heavy (non-hydrogen) atoms. The van der Waals surface area contributed by atoms with Gasteiger partial charge in [-0.25, -0.2) is 0 Å². The van der Waals surface area contributed by atoms with Crippen molar-refractivity contribution in [3.05, 3.63) is 40.5 Å². The Morgan fingerprint density at radius 2 is 2.26 bits per heavy atom. The topological polar surface area (TPSA) is 65.2 Å². The highest BCUT2D eigenvalue weighted by molar-refractivity contribution is 9.10. The molecule has 0 bridgehead atoms. The average molecular weight is 323 g/mol. The normalized spacial score (nSPS) is 12.4. The van der Waals surface area contributed by atoms with E-state index in [9.17, 15) is 4.79 Å². The van der Waals surface area contributed by atoms with E-state index >= 15 is 0 Å². The summed E-state index contributed by atoms with van der Waals surface area (Å²) in [6.45, 7) is 2.10. The first-order chi connectivity index (χ1) is 9.13. The van der Waals surface area contributed by atoms with Crippen LogP contribution < -0.4 is 5.73 Å². The van der Waals surface area contributed by atoms with Gasteiger partial charge in [0.2, 0.25) is 0 Å². The van der Waals surface area contributed by atoms with Gasteiger partial charge in [-0.05, 0) is 24.6 Å². The number of pyridine rings is 1. The smallest absolute Gasteiger partial charge is 0.323 e. The van der Waals surface area contributed by atoms with Crippen LogP contribution in [0.3, 0.4) is 0 Å². The Labute approximate surface area is 120 Å². The van der Waals surface area contributed by atoms with Crippen LogP contribution in [0.1, 0.15) is 12.5 Å². The molecule has 0 spiro atoms. The molecule has 1 aromatic heterocycles. The molecular formula is C14H15BrN2O2. The molecule has 0 fully saturated rings. The minimum Gasteiger partial charge on any atom is -0.465 e. The van der Waals surface area contributed by atoms with Crippen molar-refractivity contribution in [1.82, 2.24) is 4.98 Å². The molecule has 100 valence electrons. The van der Waals surface area contributed by atoms with Crippen LogP contribution in [0.5, 0.6) is 0 Å².